The molecule has 0 aliphatic heterocycles. The van der Waals surface area contributed by atoms with Crippen molar-refractivity contribution in [3.05, 3.63) is 30.1 Å². The average Bonchev–Trinajstić information content (AvgIpc) is 2.91. The fourth-order valence-corrected chi connectivity index (χ4v) is 4.24. The highest BCUT2D eigenvalue weighted by molar-refractivity contribution is 5.79. The summed E-state index contributed by atoms with van der Waals surface area (Å²) in [5.74, 6) is 1.35. The zero-order valence-corrected chi connectivity index (χ0v) is 16.2. The largest absolute Gasteiger partial charge is 0.458 e. The summed E-state index contributed by atoms with van der Waals surface area (Å²) in [7, 11) is 0. The van der Waals surface area contributed by atoms with Crippen LogP contribution in [0, 0.1) is 11.8 Å². The average molecular weight is 358 g/mol. The molecule has 1 saturated carbocycles. The van der Waals surface area contributed by atoms with E-state index < -0.39 is 11.7 Å². The van der Waals surface area contributed by atoms with Gasteiger partial charge in [0.15, 0.2) is 0 Å². The van der Waals surface area contributed by atoms with E-state index in [2.05, 4.69) is 18.8 Å². The lowest BCUT2D eigenvalue weighted by atomic mass is 9.73. The third-order valence-corrected chi connectivity index (χ3v) is 5.70. The maximum absolute atomic E-state index is 12.7. The molecule has 3 rings (SSSR count). The summed E-state index contributed by atoms with van der Waals surface area (Å²) in [6.45, 7) is 8.41. The molecule has 1 fully saturated rings. The van der Waals surface area contributed by atoms with Crippen molar-refractivity contribution in [3.8, 4) is 0 Å². The summed E-state index contributed by atoms with van der Waals surface area (Å²) in [6, 6.07) is 7.85. The first-order chi connectivity index (χ1) is 12.3. The lowest BCUT2D eigenvalue weighted by Crippen LogP contribution is -2.45. The Morgan fingerprint density at radius 1 is 1.42 bits per heavy atom. The minimum absolute atomic E-state index is 0.156. The molecule has 1 N–H and O–H groups in total. The van der Waals surface area contributed by atoms with Crippen LogP contribution in [0.15, 0.2) is 24.3 Å². The Morgan fingerprint density at radius 3 is 2.81 bits per heavy atom. The Morgan fingerprint density at radius 2 is 2.15 bits per heavy atom. The molecule has 5 nitrogen and oxygen atoms in total. The van der Waals surface area contributed by atoms with Gasteiger partial charge in [-0.1, -0.05) is 32.9 Å². The van der Waals surface area contributed by atoms with Crippen molar-refractivity contribution in [3.63, 3.8) is 0 Å². The van der Waals surface area contributed by atoms with Crippen molar-refractivity contribution >= 4 is 17.0 Å². The molecule has 1 aromatic heterocycles. The second-order valence-electron chi connectivity index (χ2n) is 8.10. The Bertz CT molecular complexity index is 783. The highest BCUT2D eigenvalue weighted by Crippen LogP contribution is 2.38. The van der Waals surface area contributed by atoms with Crippen LogP contribution in [0.3, 0.4) is 0 Å². The normalized spacial score (nSPS) is 26.4. The van der Waals surface area contributed by atoms with Crippen LogP contribution in [0.2, 0.25) is 0 Å². The molecule has 0 unspecified atom stereocenters. The van der Waals surface area contributed by atoms with Gasteiger partial charge in [0.05, 0.1) is 17.1 Å². The van der Waals surface area contributed by atoms with Gasteiger partial charge < -0.3 is 14.4 Å². The predicted molar refractivity (Wildman–Crippen MR) is 102 cm³/mol. The second kappa shape index (κ2) is 7.39. The Balaban J connectivity index is 1.72. The van der Waals surface area contributed by atoms with E-state index in [4.69, 9.17) is 4.74 Å². The first-order valence-corrected chi connectivity index (χ1v) is 9.67. The smallest absolute Gasteiger partial charge is 0.326 e. The summed E-state index contributed by atoms with van der Waals surface area (Å²) in [6.07, 6.45) is 2.53. The first kappa shape index (κ1) is 18.9. The molecular weight excluding hydrogens is 328 g/mol. The highest BCUT2D eigenvalue weighted by atomic mass is 16.6. The van der Waals surface area contributed by atoms with Gasteiger partial charge in [-0.15, -0.1) is 0 Å². The van der Waals surface area contributed by atoms with Gasteiger partial charge in [-0.2, -0.15) is 0 Å². The van der Waals surface area contributed by atoms with Gasteiger partial charge in [-0.25, -0.2) is 4.98 Å². The number of nitrogens with zero attached hydrogens (tertiary/aromatic N) is 2. The monoisotopic (exact) mass is 358 g/mol. The van der Waals surface area contributed by atoms with Crippen molar-refractivity contribution in [1.82, 2.24) is 9.55 Å². The fourth-order valence-electron chi connectivity index (χ4n) is 4.24. The molecule has 0 spiro atoms. The number of fused-ring (bicyclic) bond motifs is 1. The fraction of sp³-hybridized carbons (Fsp3) is 0.619. The number of para-hydroxylation sites is 2. The quantitative estimate of drug-likeness (QED) is 0.828. The van der Waals surface area contributed by atoms with Gasteiger partial charge in [0.2, 0.25) is 0 Å². The van der Waals surface area contributed by atoms with Gasteiger partial charge in [-0.3, -0.25) is 4.79 Å². The molecule has 1 aliphatic carbocycles. The maximum Gasteiger partial charge on any atom is 0.326 e. The summed E-state index contributed by atoms with van der Waals surface area (Å²) in [4.78, 5) is 17.3. The molecule has 2 aromatic rings. The zero-order chi connectivity index (χ0) is 18.9. The standard InChI is InChI=1S/C21H30N2O3/c1-5-19-22-16-8-6-7-9-17(16)23(19)13-20(25)26-21(4)11-10-15(14(2)3)18(24)12-21/h6-9,14-15,18,24H,5,10-13H2,1-4H3/t15-,18+,21-/m1/s1. The summed E-state index contributed by atoms with van der Waals surface area (Å²) in [5, 5.41) is 10.5. The molecule has 0 amide bonds. The van der Waals surface area contributed by atoms with Crippen LogP contribution in [0.1, 0.15) is 52.8 Å². The van der Waals surface area contributed by atoms with Gasteiger partial charge in [0.1, 0.15) is 18.0 Å². The van der Waals surface area contributed by atoms with Crippen LogP contribution in [0.4, 0.5) is 0 Å². The van der Waals surface area contributed by atoms with E-state index in [1.807, 2.05) is 42.7 Å². The molecule has 3 atom stereocenters. The van der Waals surface area contributed by atoms with Crippen molar-refractivity contribution in [1.29, 1.82) is 0 Å². The van der Waals surface area contributed by atoms with Crippen LogP contribution in [0.5, 0.6) is 0 Å². The molecular formula is C21H30N2O3. The molecule has 142 valence electrons. The Kier molecular flexibility index (Phi) is 5.37. The van der Waals surface area contributed by atoms with Gasteiger partial charge in [0.25, 0.3) is 0 Å². The number of carbonyl (C=O) groups is 1. The van der Waals surface area contributed by atoms with E-state index in [0.29, 0.717) is 12.3 Å². The number of hydrogen-bond donors (Lipinski definition) is 1. The number of rotatable bonds is 5. The SMILES string of the molecule is CCc1nc2ccccc2n1CC(=O)O[C@]1(C)CC[C@H](C(C)C)[C@@H](O)C1. The van der Waals surface area contributed by atoms with E-state index in [-0.39, 0.29) is 18.4 Å². The van der Waals surface area contributed by atoms with Gasteiger partial charge in [0, 0.05) is 12.8 Å². The van der Waals surface area contributed by atoms with E-state index in [1.54, 1.807) is 0 Å². The summed E-state index contributed by atoms with van der Waals surface area (Å²) in [5.41, 5.74) is 1.26. The highest BCUT2D eigenvalue weighted by Gasteiger charge is 2.40. The van der Waals surface area contributed by atoms with Crippen LogP contribution in [0.25, 0.3) is 11.0 Å². The molecule has 5 heteroatoms. The number of benzene rings is 1. The Hall–Kier alpha value is -1.88. The minimum atomic E-state index is -0.593. The lowest BCUT2D eigenvalue weighted by Gasteiger charge is -2.41. The van der Waals surface area contributed by atoms with Crippen LogP contribution >= 0.6 is 0 Å². The number of hydrogen-bond acceptors (Lipinski definition) is 4. The lowest BCUT2D eigenvalue weighted by molar-refractivity contribution is -0.168. The third kappa shape index (κ3) is 3.78. The van der Waals surface area contributed by atoms with Crippen LogP contribution in [-0.2, 0) is 22.5 Å². The number of aliphatic hydroxyl groups is 1. The Labute approximate surface area is 155 Å². The van der Waals surface area contributed by atoms with Crippen molar-refractivity contribution in [2.45, 2.75) is 71.6 Å². The second-order valence-corrected chi connectivity index (χ2v) is 8.10. The van der Waals surface area contributed by atoms with E-state index in [0.717, 1.165) is 36.1 Å². The molecule has 1 aliphatic rings. The van der Waals surface area contributed by atoms with Crippen molar-refractivity contribution in [2.24, 2.45) is 11.8 Å². The van der Waals surface area contributed by atoms with E-state index in [9.17, 15) is 9.90 Å². The van der Waals surface area contributed by atoms with Crippen molar-refractivity contribution in [2.75, 3.05) is 0 Å². The topological polar surface area (TPSA) is 64.4 Å². The summed E-state index contributed by atoms with van der Waals surface area (Å²) < 4.78 is 7.79. The molecule has 0 saturated heterocycles. The van der Waals surface area contributed by atoms with E-state index >= 15 is 0 Å². The molecule has 1 aromatic carbocycles. The molecule has 0 bridgehead atoms. The summed E-state index contributed by atoms with van der Waals surface area (Å²) >= 11 is 0. The predicted octanol–water partition coefficient (Wildman–Crippen LogP) is 3.72. The number of aliphatic hydroxyl groups excluding tert-OH is 1. The molecule has 1 heterocycles. The number of esters is 1. The minimum Gasteiger partial charge on any atom is -0.458 e. The molecule has 26 heavy (non-hydrogen) atoms. The number of carbonyl (C=O) groups excluding carboxylic acids is 1. The number of imidazole rings is 1. The maximum atomic E-state index is 12.7. The van der Waals surface area contributed by atoms with Gasteiger partial charge >= 0.3 is 5.97 Å². The number of aryl methyl sites for hydroxylation is 1. The van der Waals surface area contributed by atoms with E-state index in [1.165, 1.54) is 0 Å². The number of aromatic nitrogens is 2. The first-order valence-electron chi connectivity index (χ1n) is 9.67. The zero-order valence-electron chi connectivity index (χ0n) is 16.2. The number of ether oxygens (including phenoxy) is 1. The third-order valence-electron chi connectivity index (χ3n) is 5.70. The van der Waals surface area contributed by atoms with Gasteiger partial charge in [-0.05, 0) is 43.7 Å². The van der Waals surface area contributed by atoms with Crippen LogP contribution in [-0.4, -0.2) is 32.3 Å². The van der Waals surface area contributed by atoms with Crippen molar-refractivity contribution < 1.29 is 14.6 Å². The molecule has 0 radical (unpaired) electrons. The van der Waals surface area contributed by atoms with Crippen LogP contribution < -0.4 is 0 Å².